The van der Waals surface area contributed by atoms with Crippen molar-refractivity contribution in [2.24, 2.45) is 0 Å². The van der Waals surface area contributed by atoms with Gasteiger partial charge in [0.2, 0.25) is 0 Å². The molecule has 0 aliphatic carbocycles. The minimum Gasteiger partial charge on any atom is -0.464 e. The second-order valence-electron chi connectivity index (χ2n) is 2.77. The van der Waals surface area contributed by atoms with Crippen molar-refractivity contribution in [3.05, 3.63) is 13.7 Å². The molecule has 4 nitrogen and oxygen atoms in total. The Balaban J connectivity index is 2.96. The van der Waals surface area contributed by atoms with Gasteiger partial charge < -0.3 is 4.74 Å². The molecule has 0 amide bonds. The lowest BCUT2D eigenvalue weighted by atomic mass is 10.3. The Bertz CT molecular complexity index is 378. The lowest BCUT2D eigenvalue weighted by Gasteiger charge is -2.11. The van der Waals surface area contributed by atoms with Gasteiger partial charge in [0, 0.05) is 0 Å². The molecule has 7 heteroatoms. The predicted octanol–water partition coefficient (Wildman–Crippen LogP) is 3.29. The quantitative estimate of drug-likeness (QED) is 0.726. The fourth-order valence-electron chi connectivity index (χ4n) is 0.987. The summed E-state index contributed by atoms with van der Waals surface area (Å²) in [6.07, 6.45) is 0. The van der Waals surface area contributed by atoms with Gasteiger partial charge in [0.05, 0.1) is 11.1 Å². The summed E-state index contributed by atoms with van der Waals surface area (Å²) in [5, 5.41) is 4.15. The van der Waals surface area contributed by atoms with Crippen LogP contribution in [-0.4, -0.2) is 22.4 Å². The molecule has 1 aromatic heterocycles. The monoisotopic (exact) mass is 402 g/mol. The van der Waals surface area contributed by atoms with Gasteiger partial charge in [-0.25, -0.2) is 9.48 Å². The van der Waals surface area contributed by atoms with Gasteiger partial charge in [0.25, 0.3) is 0 Å². The summed E-state index contributed by atoms with van der Waals surface area (Å²) < 4.78 is 8.58. The van der Waals surface area contributed by atoms with Crippen LogP contribution in [0, 0.1) is 0 Å². The second-order valence-corrected chi connectivity index (χ2v) is 5.06. The topological polar surface area (TPSA) is 44.1 Å². The van der Waals surface area contributed by atoms with E-state index >= 15 is 0 Å². The molecule has 0 fully saturated rings. The first-order valence-corrected chi connectivity index (χ1v) is 6.62. The van der Waals surface area contributed by atoms with Crippen molar-refractivity contribution in [2.45, 2.75) is 19.9 Å². The SMILES string of the molecule is CCOC(=O)C(C)n1nc(Br)c(Br)c1Br. The van der Waals surface area contributed by atoms with E-state index < -0.39 is 6.04 Å². The van der Waals surface area contributed by atoms with Crippen LogP contribution in [0.2, 0.25) is 0 Å². The van der Waals surface area contributed by atoms with E-state index in [9.17, 15) is 4.79 Å². The fourth-order valence-corrected chi connectivity index (χ4v) is 2.45. The molecule has 0 aliphatic heterocycles. The van der Waals surface area contributed by atoms with E-state index in [-0.39, 0.29) is 5.97 Å². The van der Waals surface area contributed by atoms with Crippen molar-refractivity contribution in [2.75, 3.05) is 6.61 Å². The van der Waals surface area contributed by atoms with Crippen LogP contribution in [0.4, 0.5) is 0 Å². The minimum atomic E-state index is -0.457. The number of aromatic nitrogens is 2. The second kappa shape index (κ2) is 5.45. The Labute approximate surface area is 113 Å². The molecule has 1 aromatic rings. The van der Waals surface area contributed by atoms with Crippen molar-refractivity contribution in [1.29, 1.82) is 0 Å². The zero-order valence-corrected chi connectivity index (χ0v) is 12.9. The normalized spacial score (nSPS) is 12.6. The van der Waals surface area contributed by atoms with E-state index in [1.807, 2.05) is 0 Å². The fraction of sp³-hybridized carbons (Fsp3) is 0.500. The molecule has 0 aromatic carbocycles. The van der Waals surface area contributed by atoms with Crippen molar-refractivity contribution in [3.8, 4) is 0 Å². The first-order chi connectivity index (χ1) is 6.99. The summed E-state index contributed by atoms with van der Waals surface area (Å²) in [6, 6.07) is -0.457. The summed E-state index contributed by atoms with van der Waals surface area (Å²) in [5.41, 5.74) is 0. The zero-order valence-electron chi connectivity index (χ0n) is 8.13. The van der Waals surface area contributed by atoms with E-state index in [1.54, 1.807) is 18.5 Å². The minimum absolute atomic E-state index is 0.305. The Morgan fingerprint density at radius 2 is 2.13 bits per heavy atom. The van der Waals surface area contributed by atoms with Gasteiger partial charge in [-0.2, -0.15) is 5.10 Å². The number of rotatable bonds is 3. The summed E-state index contributed by atoms with van der Waals surface area (Å²) >= 11 is 9.93. The Morgan fingerprint density at radius 1 is 1.53 bits per heavy atom. The number of hydrogen-bond acceptors (Lipinski definition) is 3. The highest BCUT2D eigenvalue weighted by molar-refractivity contribution is 9.14. The molecular weight excluding hydrogens is 396 g/mol. The molecule has 0 bridgehead atoms. The number of carbonyl (C=O) groups excluding carboxylic acids is 1. The maximum atomic E-state index is 11.5. The van der Waals surface area contributed by atoms with E-state index in [4.69, 9.17) is 4.74 Å². The van der Waals surface area contributed by atoms with Gasteiger partial charge in [-0.05, 0) is 61.6 Å². The van der Waals surface area contributed by atoms with E-state index in [0.717, 1.165) is 4.47 Å². The molecule has 0 N–H and O–H groups in total. The van der Waals surface area contributed by atoms with Crippen LogP contribution >= 0.6 is 47.8 Å². The van der Waals surface area contributed by atoms with Gasteiger partial charge in [-0.1, -0.05) is 0 Å². The Hall–Kier alpha value is 0.120. The maximum absolute atomic E-state index is 11.5. The molecule has 15 heavy (non-hydrogen) atoms. The Kier molecular flexibility index (Phi) is 4.79. The number of nitrogens with zero attached hydrogens (tertiary/aromatic N) is 2. The first kappa shape index (κ1) is 13.2. The van der Waals surface area contributed by atoms with Gasteiger partial charge >= 0.3 is 5.97 Å². The molecule has 1 heterocycles. The zero-order chi connectivity index (χ0) is 11.6. The molecular formula is C8H9Br3N2O2. The van der Waals surface area contributed by atoms with Crippen LogP contribution in [0.1, 0.15) is 19.9 Å². The lowest BCUT2D eigenvalue weighted by molar-refractivity contribution is -0.146. The average molecular weight is 405 g/mol. The standard InChI is InChI=1S/C8H9Br3N2O2/c1-3-15-8(14)4(2)13-7(11)5(9)6(10)12-13/h4H,3H2,1-2H3. The van der Waals surface area contributed by atoms with Crippen LogP contribution in [0.15, 0.2) is 13.7 Å². The van der Waals surface area contributed by atoms with Gasteiger partial charge in [-0.3, -0.25) is 0 Å². The maximum Gasteiger partial charge on any atom is 0.330 e. The highest BCUT2D eigenvalue weighted by atomic mass is 79.9. The highest BCUT2D eigenvalue weighted by Crippen LogP contribution is 2.32. The van der Waals surface area contributed by atoms with Crippen molar-refractivity contribution in [3.63, 3.8) is 0 Å². The van der Waals surface area contributed by atoms with E-state index in [0.29, 0.717) is 15.8 Å². The number of esters is 1. The van der Waals surface area contributed by atoms with Crippen molar-refractivity contribution < 1.29 is 9.53 Å². The molecule has 84 valence electrons. The average Bonchev–Trinajstić information content (AvgIpc) is 2.45. The van der Waals surface area contributed by atoms with Crippen LogP contribution < -0.4 is 0 Å². The third-order valence-electron chi connectivity index (χ3n) is 1.75. The van der Waals surface area contributed by atoms with E-state index in [1.165, 1.54) is 0 Å². The van der Waals surface area contributed by atoms with E-state index in [2.05, 4.69) is 52.9 Å². The highest BCUT2D eigenvalue weighted by Gasteiger charge is 2.22. The molecule has 0 radical (unpaired) electrons. The third-order valence-corrected chi connectivity index (χ3v) is 4.88. The molecule has 0 aliphatic rings. The molecule has 1 rings (SSSR count). The largest absolute Gasteiger partial charge is 0.464 e. The number of carbonyl (C=O) groups is 1. The lowest BCUT2D eigenvalue weighted by Crippen LogP contribution is -2.20. The first-order valence-electron chi connectivity index (χ1n) is 4.24. The molecule has 1 atom stereocenters. The Morgan fingerprint density at radius 3 is 2.53 bits per heavy atom. The summed E-state index contributed by atoms with van der Waals surface area (Å²) in [6.45, 7) is 3.87. The summed E-state index contributed by atoms with van der Waals surface area (Å²) in [7, 11) is 0. The summed E-state index contributed by atoms with van der Waals surface area (Å²) in [4.78, 5) is 11.5. The van der Waals surface area contributed by atoms with Crippen LogP contribution in [0.5, 0.6) is 0 Å². The van der Waals surface area contributed by atoms with Crippen molar-refractivity contribution in [1.82, 2.24) is 9.78 Å². The van der Waals surface area contributed by atoms with Crippen LogP contribution in [-0.2, 0) is 9.53 Å². The molecule has 0 spiro atoms. The van der Waals surface area contributed by atoms with Crippen LogP contribution in [0.3, 0.4) is 0 Å². The van der Waals surface area contributed by atoms with Gasteiger partial charge in [0.15, 0.2) is 0 Å². The van der Waals surface area contributed by atoms with Crippen molar-refractivity contribution >= 4 is 53.8 Å². The molecule has 0 saturated carbocycles. The predicted molar refractivity (Wildman–Crippen MR) is 66.7 cm³/mol. The van der Waals surface area contributed by atoms with Crippen LogP contribution in [0.25, 0.3) is 0 Å². The van der Waals surface area contributed by atoms with Gasteiger partial charge in [-0.15, -0.1) is 0 Å². The number of halogens is 3. The molecule has 0 saturated heterocycles. The summed E-state index contributed by atoms with van der Waals surface area (Å²) in [5.74, 6) is -0.305. The molecule has 1 unspecified atom stereocenters. The third kappa shape index (κ3) is 2.82. The number of ether oxygens (including phenoxy) is 1. The van der Waals surface area contributed by atoms with Gasteiger partial charge in [0.1, 0.15) is 15.2 Å². The number of hydrogen-bond donors (Lipinski definition) is 0. The smallest absolute Gasteiger partial charge is 0.330 e.